The molecule has 0 saturated carbocycles. The van der Waals surface area contributed by atoms with E-state index >= 15 is 19.2 Å². The van der Waals surface area contributed by atoms with Crippen molar-refractivity contribution in [2.75, 3.05) is 7.05 Å². The van der Waals surface area contributed by atoms with Gasteiger partial charge in [-0.05, 0) is 101 Å². The monoisotopic (exact) mass is 1330 g/mol. The van der Waals surface area contributed by atoms with E-state index in [4.69, 9.17) is 74.3 Å². The van der Waals surface area contributed by atoms with Crippen molar-refractivity contribution in [1.29, 1.82) is 0 Å². The van der Waals surface area contributed by atoms with Crippen LogP contribution in [0, 0.1) is 5.92 Å². The number of aliphatic carboxylic acids is 1. The molecule has 458 valence electrons. The normalized spacial score (nSPS) is 20.1. The van der Waals surface area contributed by atoms with Crippen molar-refractivity contribution in [2.24, 2.45) is 5.92 Å². The molecule has 7 atom stereocenters. The molecule has 0 spiro atoms. The van der Waals surface area contributed by atoms with Crippen molar-refractivity contribution < 1.29 is 73.7 Å². The number of ether oxygens (including phenoxy) is 1. The number of hydrogen-bond donors (Lipinski definition) is 12. The predicted octanol–water partition coefficient (Wildman–Crippen LogP) is 8.61. The van der Waals surface area contributed by atoms with E-state index in [0.717, 1.165) is 41.3 Å². The van der Waals surface area contributed by atoms with Crippen LogP contribution in [-0.2, 0) is 46.4 Å². The molecule has 3 aliphatic heterocycles. The first-order valence-electron chi connectivity index (χ1n) is 26.7. The molecule has 0 radical (unpaired) electrons. The maximum absolute atomic E-state index is 15.8. The fourth-order valence-electron chi connectivity index (χ4n) is 10.6. The summed E-state index contributed by atoms with van der Waals surface area (Å²) in [4.78, 5) is 121. The van der Waals surface area contributed by atoms with E-state index in [1.165, 1.54) is 55.7 Å². The molecule has 1 aromatic heterocycles. The van der Waals surface area contributed by atoms with Crippen molar-refractivity contribution in [3.05, 3.63) is 196 Å². The molecule has 6 amide bonds. The zero-order valence-corrected chi connectivity index (χ0v) is 50.2. The molecule has 4 heterocycles. The number of para-hydroxylation sites is 1. The van der Waals surface area contributed by atoms with Crippen LogP contribution in [0.25, 0.3) is 16.5 Å². The number of ketones is 1. The van der Waals surface area contributed by atoms with Crippen molar-refractivity contribution in [3.8, 4) is 28.7 Å². The van der Waals surface area contributed by atoms with Gasteiger partial charge in [0.25, 0.3) is 5.91 Å². The molecule has 4 aliphatic rings. The second kappa shape index (κ2) is 25.5. The van der Waals surface area contributed by atoms with Gasteiger partial charge in [0.15, 0.2) is 34.8 Å². The lowest BCUT2D eigenvalue weighted by Crippen LogP contribution is -2.58. The lowest BCUT2D eigenvalue weighted by atomic mass is 9.82. The van der Waals surface area contributed by atoms with Crippen LogP contribution in [0.2, 0.25) is 30.1 Å². The summed E-state index contributed by atoms with van der Waals surface area (Å²) in [7, 11) is 1.20. The first-order valence-corrected chi connectivity index (χ1v) is 28.9. The zero-order valence-electron chi connectivity index (χ0n) is 45.7. The molecule has 22 nitrogen and oxygen atoms in total. The van der Waals surface area contributed by atoms with E-state index in [0.29, 0.717) is 27.6 Å². The molecule has 0 saturated heterocycles. The number of fused-ring (bicyclic) bond motifs is 10. The summed E-state index contributed by atoms with van der Waals surface area (Å²) in [5, 5.41) is 75.4. The molecule has 0 fully saturated rings. The van der Waals surface area contributed by atoms with Crippen LogP contribution in [0.3, 0.4) is 0 Å². The lowest BCUT2D eigenvalue weighted by Gasteiger charge is -2.35. The number of carbonyl (C=O) groups is 8. The lowest BCUT2D eigenvalue weighted by molar-refractivity contribution is -0.145. The van der Waals surface area contributed by atoms with E-state index in [1.54, 1.807) is 30.3 Å². The quantitative estimate of drug-likeness (QED) is 0.0475. The fraction of sp³-hybridized carbons (Fsp3) is 0.180. The number of aromatic amines is 1. The van der Waals surface area contributed by atoms with Crippen LogP contribution < -0.4 is 31.3 Å². The molecule has 12 N–H and O–H groups in total. The summed E-state index contributed by atoms with van der Waals surface area (Å²) < 4.78 is 6.44. The minimum Gasteiger partial charge on any atom is -0.508 e. The third kappa shape index (κ3) is 12.9. The highest BCUT2D eigenvalue weighted by Gasteiger charge is 2.42. The first kappa shape index (κ1) is 62.9. The Balaban J connectivity index is 1.14. The minimum absolute atomic E-state index is 0.0435. The van der Waals surface area contributed by atoms with E-state index < -0.39 is 139 Å². The van der Waals surface area contributed by atoms with Gasteiger partial charge in [0.05, 0.1) is 35.7 Å². The van der Waals surface area contributed by atoms with Gasteiger partial charge in [-0.1, -0.05) is 112 Å². The number of halogens is 6. The first-order chi connectivity index (χ1) is 42.3. The largest absolute Gasteiger partial charge is 0.508 e. The van der Waals surface area contributed by atoms with Crippen molar-refractivity contribution in [3.63, 3.8) is 0 Å². The summed E-state index contributed by atoms with van der Waals surface area (Å²) >= 11 is 38.1. The number of hydrogen-bond acceptors (Lipinski definition) is 14. The molecule has 1 aliphatic carbocycles. The molecular weight excluding hydrogens is 1280 g/mol. The number of nitrogens with zero attached hydrogens (tertiary/aromatic N) is 1. The van der Waals surface area contributed by atoms with Gasteiger partial charge in [-0.15, -0.1) is 0 Å². The number of aliphatic hydroxyl groups is 1. The van der Waals surface area contributed by atoms with E-state index in [1.807, 2.05) is 0 Å². The smallest absolute Gasteiger partial charge is 0.330 e. The second-order valence-corrected chi connectivity index (χ2v) is 23.4. The minimum atomic E-state index is -1.99. The Hall–Kier alpha value is -9.16. The Morgan fingerprint density at radius 2 is 1.24 bits per heavy atom. The highest BCUT2D eigenvalue weighted by Crippen LogP contribution is 2.42. The summed E-state index contributed by atoms with van der Waals surface area (Å²) in [5.41, 5.74) is 0.774. The third-order valence-corrected chi connectivity index (χ3v) is 17.0. The van der Waals surface area contributed by atoms with E-state index in [-0.39, 0.29) is 68.0 Å². The molecule has 89 heavy (non-hydrogen) atoms. The van der Waals surface area contributed by atoms with Gasteiger partial charge in [0.2, 0.25) is 35.3 Å². The number of rotatable bonds is 9. The van der Waals surface area contributed by atoms with E-state index in [9.17, 15) is 49.8 Å². The van der Waals surface area contributed by atoms with Crippen LogP contribution >= 0.6 is 69.6 Å². The SMILES string of the molecule is CN1C(=O)C(c2cc(Cl)c(O)c(Cl)c2)NC(=O)C2NC(=O)C(c3cc(Cl)c(O)c(Cl)c3)NC(=O)C(NC(=O)C(=O)c3cc(Cl)c(O)c(Cl)c3)Cc3c[nH]c4c(cccc34)C3=C(O)C(=CC2C3)Oc2ccc(cc2)CC1C(=O)NC(C(=O)O)c1ccc(O)cc1. The fourth-order valence-corrected chi connectivity index (χ4v) is 12.1. The number of carboxylic acids is 1. The number of allylic oxidation sites excluding steroid dienone is 1. The Morgan fingerprint density at radius 3 is 1.83 bits per heavy atom. The summed E-state index contributed by atoms with van der Waals surface area (Å²) in [5.74, 6) is -13.7. The van der Waals surface area contributed by atoms with Gasteiger partial charge in [0, 0.05) is 54.1 Å². The van der Waals surface area contributed by atoms with Crippen LogP contribution in [0.15, 0.2) is 127 Å². The van der Waals surface area contributed by atoms with E-state index in [2.05, 4.69) is 31.6 Å². The number of aliphatic hydroxyl groups excluding tert-OH is 1. The van der Waals surface area contributed by atoms with Gasteiger partial charge < -0.3 is 71.8 Å². The Morgan fingerprint density at radius 1 is 0.663 bits per heavy atom. The van der Waals surface area contributed by atoms with Crippen LogP contribution in [0.1, 0.15) is 68.3 Å². The van der Waals surface area contributed by atoms with Gasteiger partial charge in [0.1, 0.15) is 41.7 Å². The highest BCUT2D eigenvalue weighted by molar-refractivity contribution is 6.45. The Bertz CT molecular complexity index is 4130. The number of benzene rings is 6. The number of H-pyrrole nitrogens is 1. The van der Waals surface area contributed by atoms with Crippen LogP contribution in [-0.4, -0.2) is 113 Å². The van der Waals surface area contributed by atoms with Crippen LogP contribution in [0.5, 0.6) is 28.7 Å². The summed E-state index contributed by atoms with van der Waals surface area (Å²) in [6.45, 7) is 0. The molecule has 7 unspecified atom stereocenters. The number of phenolic OH excluding ortho intramolecular Hbond substituents is 4. The standard InChI is InChI=1S/C61H47Cl6N7O15/c1-74-43(56(82)73-48(61(87)88)25-7-9-31(75)10-8-25)13-24-5-11-32(12-6-24)89-44-22-26-14-35(51(44)77)34-4-2-3-33-30(23-68-49(33)34)21-42(69-59(85)50(76)29-19-40(66)54(80)41(67)20-29)55(81)70-46(27-15-36(62)52(78)37(63)16-27)57(83)71-45(26)58(84)72-47(60(74)86)28-17-38(64)53(79)39(65)18-28/h2-12,15-20,22-23,26,42-43,45-48,68,75,77-80H,13-14,21H2,1H3,(H,69,85)(H,70,81)(H,71,83)(H,72,84)(H,73,82)(H,87,88). The number of carbonyl (C=O) groups excluding carboxylic acids is 7. The zero-order chi connectivity index (χ0) is 64.0. The number of Topliss-reactive ketones (excluding diaryl/α,β-unsaturated/α-hetero) is 1. The summed E-state index contributed by atoms with van der Waals surface area (Å²) in [6, 6.07) is 11.3. The number of carboxylic acid groups (broad SMARTS) is 1. The van der Waals surface area contributed by atoms with Crippen molar-refractivity contribution in [1.82, 2.24) is 36.5 Å². The average Bonchev–Trinajstić information content (AvgIpc) is 1.86. The Kier molecular flexibility index (Phi) is 18.0. The maximum Gasteiger partial charge on any atom is 0.330 e. The molecule has 7 aromatic rings. The van der Waals surface area contributed by atoms with Crippen LogP contribution in [0.4, 0.5) is 0 Å². The van der Waals surface area contributed by atoms with Gasteiger partial charge in [-0.25, -0.2) is 4.79 Å². The number of aromatic hydroxyl groups is 4. The predicted molar refractivity (Wildman–Crippen MR) is 326 cm³/mol. The number of likely N-dealkylation sites (N-methyl/N-ethyl adjacent to an activating group) is 1. The number of amides is 6. The topological polar surface area (TPSA) is 346 Å². The summed E-state index contributed by atoms with van der Waals surface area (Å²) in [6.07, 6.45) is 1.82. The molecule has 28 heteroatoms. The molecule has 6 aromatic carbocycles. The molecule has 11 rings (SSSR count). The van der Waals surface area contributed by atoms with Crippen molar-refractivity contribution in [2.45, 2.75) is 55.5 Å². The number of phenols is 4. The van der Waals surface area contributed by atoms with Gasteiger partial charge >= 0.3 is 5.97 Å². The highest BCUT2D eigenvalue weighted by atomic mass is 35.5. The Labute approximate surface area is 533 Å². The van der Waals surface area contributed by atoms with Gasteiger partial charge in [-0.2, -0.15) is 0 Å². The van der Waals surface area contributed by atoms with Crippen molar-refractivity contribution >= 4 is 133 Å². The molecule has 9 bridgehead atoms. The molecular formula is C61H47Cl6N7O15. The number of aromatic nitrogens is 1. The second-order valence-electron chi connectivity index (χ2n) is 20.9. The maximum atomic E-state index is 15.8. The number of nitrogens with one attached hydrogen (secondary N) is 6. The average molecular weight is 1330 g/mol. The van der Waals surface area contributed by atoms with Gasteiger partial charge in [-0.3, -0.25) is 33.6 Å². The third-order valence-electron chi connectivity index (χ3n) is 15.3.